The van der Waals surface area contributed by atoms with Crippen LogP contribution in [0.15, 0.2) is 66.7 Å². The van der Waals surface area contributed by atoms with Gasteiger partial charge in [-0.25, -0.2) is 9.78 Å². The van der Waals surface area contributed by atoms with E-state index >= 15 is 0 Å². The smallest absolute Gasteiger partial charge is 0.333 e. The van der Waals surface area contributed by atoms with Crippen molar-refractivity contribution in [1.82, 2.24) is 10.3 Å². The number of thiazole rings is 1. The zero-order valence-corrected chi connectivity index (χ0v) is 22.0. The van der Waals surface area contributed by atoms with Gasteiger partial charge in [-0.15, -0.1) is 0 Å². The SMILES string of the molecule is CCOC(=O)C(NC=O)c1ccccc1.CNc1nc2ccc(C(=O)Nc3c(C)cccc3C)cc2s1. The normalized spacial score (nSPS) is 11.0. The molecule has 1 atom stereocenters. The predicted octanol–water partition coefficient (Wildman–Crippen LogP) is 5.24. The van der Waals surface area contributed by atoms with E-state index in [1.54, 1.807) is 31.2 Å². The number of nitrogens with one attached hydrogen (secondary N) is 3. The van der Waals surface area contributed by atoms with E-state index in [0.717, 1.165) is 32.2 Å². The van der Waals surface area contributed by atoms with Crippen molar-refractivity contribution in [3.8, 4) is 0 Å². The van der Waals surface area contributed by atoms with Crippen LogP contribution < -0.4 is 16.0 Å². The number of ether oxygens (including phenoxy) is 1. The Hall–Kier alpha value is -4.24. The van der Waals surface area contributed by atoms with E-state index in [4.69, 9.17) is 4.74 Å². The van der Waals surface area contributed by atoms with E-state index in [1.807, 2.05) is 63.4 Å². The lowest BCUT2D eigenvalue weighted by molar-refractivity contribution is -0.146. The summed E-state index contributed by atoms with van der Waals surface area (Å²) in [6.07, 6.45) is 0.495. The van der Waals surface area contributed by atoms with Gasteiger partial charge in [0.15, 0.2) is 11.2 Å². The van der Waals surface area contributed by atoms with E-state index < -0.39 is 12.0 Å². The van der Waals surface area contributed by atoms with Crippen LogP contribution in [0.1, 0.15) is 40.0 Å². The van der Waals surface area contributed by atoms with Crippen LogP contribution in [0.4, 0.5) is 10.8 Å². The Morgan fingerprint density at radius 2 is 1.73 bits per heavy atom. The van der Waals surface area contributed by atoms with Gasteiger partial charge in [0.1, 0.15) is 0 Å². The first-order valence-electron chi connectivity index (χ1n) is 11.7. The summed E-state index contributed by atoms with van der Waals surface area (Å²) < 4.78 is 5.85. The second-order valence-electron chi connectivity index (χ2n) is 8.05. The van der Waals surface area contributed by atoms with Gasteiger partial charge in [-0.1, -0.05) is 59.9 Å². The number of benzene rings is 3. The fourth-order valence-electron chi connectivity index (χ4n) is 3.61. The molecular weight excluding hydrogens is 488 g/mol. The Labute approximate surface area is 220 Å². The highest BCUT2D eigenvalue weighted by Gasteiger charge is 2.20. The number of rotatable bonds is 8. The van der Waals surface area contributed by atoms with Crippen LogP contribution in [0, 0.1) is 13.8 Å². The van der Waals surface area contributed by atoms with Crippen molar-refractivity contribution in [2.75, 3.05) is 24.3 Å². The molecule has 4 aromatic rings. The molecule has 0 spiro atoms. The van der Waals surface area contributed by atoms with Gasteiger partial charge in [-0.3, -0.25) is 9.59 Å². The molecule has 37 heavy (non-hydrogen) atoms. The minimum Gasteiger partial charge on any atom is -0.464 e. The second kappa shape index (κ2) is 13.2. The van der Waals surface area contributed by atoms with Crippen LogP contribution >= 0.6 is 11.3 Å². The Morgan fingerprint density at radius 1 is 1.03 bits per heavy atom. The first-order valence-corrected chi connectivity index (χ1v) is 12.6. The molecule has 8 nitrogen and oxygen atoms in total. The lowest BCUT2D eigenvalue weighted by Gasteiger charge is -2.14. The number of fused-ring (bicyclic) bond motifs is 1. The number of anilines is 2. The third-order valence-electron chi connectivity index (χ3n) is 5.47. The summed E-state index contributed by atoms with van der Waals surface area (Å²) in [4.78, 5) is 38.8. The van der Waals surface area contributed by atoms with Crippen molar-refractivity contribution in [2.45, 2.75) is 26.8 Å². The van der Waals surface area contributed by atoms with Gasteiger partial charge in [-0.05, 0) is 55.7 Å². The molecule has 3 N–H and O–H groups in total. The number of nitrogens with zero attached hydrogens (tertiary/aromatic N) is 1. The highest BCUT2D eigenvalue weighted by molar-refractivity contribution is 7.22. The second-order valence-corrected chi connectivity index (χ2v) is 9.08. The molecule has 0 aliphatic carbocycles. The summed E-state index contributed by atoms with van der Waals surface area (Å²) in [5, 5.41) is 9.31. The van der Waals surface area contributed by atoms with Crippen LogP contribution in [-0.2, 0) is 14.3 Å². The van der Waals surface area contributed by atoms with Gasteiger partial charge in [0.05, 0.1) is 16.8 Å². The molecule has 0 saturated heterocycles. The Balaban J connectivity index is 0.000000222. The summed E-state index contributed by atoms with van der Waals surface area (Å²) in [5.41, 5.74) is 5.25. The maximum Gasteiger partial charge on any atom is 0.333 e. The molecule has 0 fully saturated rings. The fraction of sp³-hybridized carbons (Fsp3) is 0.214. The average Bonchev–Trinajstić information content (AvgIpc) is 3.33. The number of aromatic nitrogens is 1. The molecule has 0 saturated carbocycles. The quantitative estimate of drug-likeness (QED) is 0.217. The van der Waals surface area contributed by atoms with E-state index in [1.165, 1.54) is 11.3 Å². The van der Waals surface area contributed by atoms with Crippen LogP contribution in [0.2, 0.25) is 0 Å². The zero-order chi connectivity index (χ0) is 26.8. The third kappa shape index (κ3) is 7.14. The van der Waals surface area contributed by atoms with Crippen molar-refractivity contribution < 1.29 is 19.1 Å². The van der Waals surface area contributed by atoms with Crippen molar-refractivity contribution in [2.24, 2.45) is 0 Å². The molecule has 1 heterocycles. The summed E-state index contributed by atoms with van der Waals surface area (Å²) in [5.74, 6) is -0.547. The van der Waals surface area contributed by atoms with Gasteiger partial charge in [-0.2, -0.15) is 0 Å². The lowest BCUT2D eigenvalue weighted by Crippen LogP contribution is -2.29. The first kappa shape index (κ1) is 27.3. The number of carbonyl (C=O) groups is 3. The van der Waals surface area contributed by atoms with Crippen LogP contribution in [-0.4, -0.2) is 36.9 Å². The standard InChI is InChI=1S/C17H17N3OS.C11H13NO3/c1-10-5-4-6-11(2)15(10)20-16(21)12-7-8-13-14(9-12)22-17(18-3)19-13;1-2-15-11(14)10(12-8-13)9-6-4-3-5-7-9/h4-9H,1-3H3,(H,18,19)(H,20,21);3-8,10H,2H2,1H3,(H,12,13). The predicted molar refractivity (Wildman–Crippen MR) is 148 cm³/mol. The molecule has 2 amide bonds. The Bertz CT molecular complexity index is 1350. The molecule has 3 aromatic carbocycles. The molecule has 0 aliphatic heterocycles. The van der Waals surface area contributed by atoms with Crippen LogP contribution in [0.25, 0.3) is 10.2 Å². The summed E-state index contributed by atoms with van der Waals surface area (Å²) in [6.45, 7) is 6.01. The monoisotopic (exact) mass is 518 g/mol. The van der Waals surface area contributed by atoms with Crippen molar-refractivity contribution >= 4 is 50.7 Å². The number of amides is 2. The third-order valence-corrected chi connectivity index (χ3v) is 6.51. The highest BCUT2D eigenvalue weighted by atomic mass is 32.1. The van der Waals surface area contributed by atoms with Crippen molar-refractivity contribution in [3.63, 3.8) is 0 Å². The average molecular weight is 519 g/mol. The molecule has 9 heteroatoms. The maximum atomic E-state index is 12.5. The minimum atomic E-state index is -0.719. The number of carbonyl (C=O) groups excluding carboxylic acids is 3. The molecule has 0 bridgehead atoms. The highest BCUT2D eigenvalue weighted by Crippen LogP contribution is 2.27. The van der Waals surface area contributed by atoms with Crippen LogP contribution in [0.3, 0.4) is 0 Å². The number of aryl methyl sites for hydroxylation is 2. The number of para-hydroxylation sites is 1. The van der Waals surface area contributed by atoms with Crippen LogP contribution in [0.5, 0.6) is 0 Å². The summed E-state index contributed by atoms with van der Waals surface area (Å²) in [7, 11) is 1.84. The Kier molecular flexibility index (Phi) is 9.74. The largest absolute Gasteiger partial charge is 0.464 e. The van der Waals surface area contributed by atoms with Gasteiger partial charge in [0.25, 0.3) is 5.91 Å². The summed E-state index contributed by atoms with van der Waals surface area (Å²) in [6, 6.07) is 19.8. The van der Waals surface area contributed by atoms with E-state index in [9.17, 15) is 14.4 Å². The van der Waals surface area contributed by atoms with Gasteiger partial charge < -0.3 is 20.7 Å². The number of hydrogen-bond donors (Lipinski definition) is 3. The van der Waals surface area contributed by atoms with Crippen molar-refractivity contribution in [1.29, 1.82) is 0 Å². The molecule has 0 aliphatic rings. The lowest BCUT2D eigenvalue weighted by atomic mass is 10.1. The van der Waals surface area contributed by atoms with Gasteiger partial charge >= 0.3 is 5.97 Å². The maximum absolute atomic E-state index is 12.5. The number of hydrogen-bond acceptors (Lipinski definition) is 7. The van der Waals surface area contributed by atoms with Gasteiger partial charge in [0, 0.05) is 18.3 Å². The molecular formula is C28H30N4O4S. The van der Waals surface area contributed by atoms with E-state index in [0.29, 0.717) is 24.1 Å². The topological polar surface area (TPSA) is 109 Å². The molecule has 0 radical (unpaired) electrons. The van der Waals surface area contributed by atoms with E-state index in [-0.39, 0.29) is 5.91 Å². The first-order chi connectivity index (χ1) is 17.9. The van der Waals surface area contributed by atoms with E-state index in [2.05, 4.69) is 20.9 Å². The number of esters is 1. The summed E-state index contributed by atoms with van der Waals surface area (Å²) >= 11 is 1.54. The van der Waals surface area contributed by atoms with Crippen molar-refractivity contribution in [3.05, 3.63) is 89.0 Å². The molecule has 4 rings (SSSR count). The molecule has 192 valence electrons. The fourth-order valence-corrected chi connectivity index (χ4v) is 4.47. The minimum absolute atomic E-state index is 0.0984. The molecule has 1 unspecified atom stereocenters. The Morgan fingerprint density at radius 3 is 2.35 bits per heavy atom. The van der Waals surface area contributed by atoms with Gasteiger partial charge in [0.2, 0.25) is 6.41 Å². The zero-order valence-electron chi connectivity index (χ0n) is 21.2. The molecule has 1 aromatic heterocycles.